The second-order valence-corrected chi connectivity index (χ2v) is 9.33. The van der Waals surface area contributed by atoms with Gasteiger partial charge in [-0.05, 0) is 36.6 Å². The summed E-state index contributed by atoms with van der Waals surface area (Å²) in [7, 11) is -3.45. The lowest BCUT2D eigenvalue weighted by Crippen LogP contribution is -2.35. The Hall–Kier alpha value is -1.70. The predicted octanol–water partition coefficient (Wildman–Crippen LogP) is 3.91. The van der Waals surface area contributed by atoms with Gasteiger partial charge in [-0.2, -0.15) is 4.31 Å². The molecule has 0 N–H and O–H groups in total. The minimum Gasteiger partial charge on any atom is -0.461 e. The maximum absolute atomic E-state index is 12.6. The monoisotopic (exact) mass is 451 g/mol. The molecule has 0 aromatic heterocycles. The minimum atomic E-state index is -3.45. The third kappa shape index (κ3) is 5.18. The fourth-order valence-electron chi connectivity index (χ4n) is 3.02. The quantitative estimate of drug-likeness (QED) is 0.624. The first-order valence-corrected chi connectivity index (χ1v) is 11.2. The molecule has 0 unspecified atom stereocenters. The van der Waals surface area contributed by atoms with Crippen LogP contribution < -0.4 is 0 Å². The molecule has 2 aromatic carbocycles. The number of sulfonamides is 1. The van der Waals surface area contributed by atoms with Crippen LogP contribution in [0.25, 0.3) is 0 Å². The predicted molar refractivity (Wildman–Crippen MR) is 107 cm³/mol. The Morgan fingerprint density at radius 2 is 1.67 bits per heavy atom. The zero-order valence-electron chi connectivity index (χ0n) is 14.9. The van der Waals surface area contributed by atoms with Crippen molar-refractivity contribution >= 4 is 31.9 Å². The van der Waals surface area contributed by atoms with Gasteiger partial charge in [0.1, 0.15) is 6.61 Å². The highest BCUT2D eigenvalue weighted by Gasteiger charge is 2.25. The highest BCUT2D eigenvalue weighted by Crippen LogP contribution is 2.21. The van der Waals surface area contributed by atoms with Crippen LogP contribution in [-0.4, -0.2) is 31.8 Å². The SMILES string of the molecule is O=C(Cc1ccc(S(=O)(=O)N2CCCCC2)cc1)OCc1ccccc1Br. The molecule has 1 saturated heterocycles. The lowest BCUT2D eigenvalue weighted by molar-refractivity contribution is -0.144. The Kier molecular flexibility index (Phi) is 6.68. The van der Waals surface area contributed by atoms with Crippen molar-refractivity contribution in [1.29, 1.82) is 0 Å². The molecule has 27 heavy (non-hydrogen) atoms. The van der Waals surface area contributed by atoms with Crippen molar-refractivity contribution in [2.24, 2.45) is 0 Å². The van der Waals surface area contributed by atoms with E-state index in [4.69, 9.17) is 4.74 Å². The Labute approximate surface area is 168 Å². The maximum atomic E-state index is 12.6. The highest BCUT2D eigenvalue weighted by molar-refractivity contribution is 9.10. The largest absolute Gasteiger partial charge is 0.461 e. The molecule has 7 heteroatoms. The molecule has 1 fully saturated rings. The van der Waals surface area contributed by atoms with E-state index in [-0.39, 0.29) is 23.9 Å². The van der Waals surface area contributed by atoms with Gasteiger partial charge in [-0.15, -0.1) is 0 Å². The number of piperidine rings is 1. The first-order chi connectivity index (χ1) is 13.0. The summed E-state index contributed by atoms with van der Waals surface area (Å²) in [5.74, 6) is -0.350. The van der Waals surface area contributed by atoms with E-state index in [0.29, 0.717) is 13.1 Å². The van der Waals surface area contributed by atoms with E-state index < -0.39 is 10.0 Å². The summed E-state index contributed by atoms with van der Waals surface area (Å²) in [6, 6.07) is 14.1. The topological polar surface area (TPSA) is 63.7 Å². The molecule has 144 valence electrons. The van der Waals surface area contributed by atoms with E-state index in [2.05, 4.69) is 15.9 Å². The summed E-state index contributed by atoms with van der Waals surface area (Å²) in [4.78, 5) is 12.3. The highest BCUT2D eigenvalue weighted by atomic mass is 79.9. The zero-order chi connectivity index (χ0) is 19.3. The molecule has 0 spiro atoms. The van der Waals surface area contributed by atoms with Crippen LogP contribution in [-0.2, 0) is 32.6 Å². The molecule has 1 heterocycles. The molecular formula is C20H22BrNO4S. The van der Waals surface area contributed by atoms with Gasteiger partial charge < -0.3 is 4.74 Å². The molecule has 1 aliphatic rings. The molecule has 2 aromatic rings. The van der Waals surface area contributed by atoms with Crippen LogP contribution in [0.1, 0.15) is 30.4 Å². The number of ether oxygens (including phenoxy) is 1. The zero-order valence-corrected chi connectivity index (χ0v) is 17.3. The number of rotatable bonds is 6. The van der Waals surface area contributed by atoms with E-state index >= 15 is 0 Å². The van der Waals surface area contributed by atoms with Crippen LogP contribution in [0, 0.1) is 0 Å². The third-order valence-corrected chi connectivity index (χ3v) is 7.26. The fraction of sp³-hybridized carbons (Fsp3) is 0.350. The summed E-state index contributed by atoms with van der Waals surface area (Å²) in [5.41, 5.74) is 1.62. The van der Waals surface area contributed by atoms with Gasteiger partial charge in [-0.3, -0.25) is 4.79 Å². The first-order valence-electron chi connectivity index (χ1n) is 8.95. The molecule has 0 radical (unpaired) electrons. The lowest BCUT2D eigenvalue weighted by atomic mass is 10.1. The van der Waals surface area contributed by atoms with Crippen molar-refractivity contribution in [2.45, 2.75) is 37.2 Å². The number of hydrogen-bond acceptors (Lipinski definition) is 4. The molecule has 0 aliphatic carbocycles. The fourth-order valence-corrected chi connectivity index (χ4v) is 4.94. The first kappa shape index (κ1) is 20.0. The minimum absolute atomic E-state index is 0.106. The molecule has 5 nitrogen and oxygen atoms in total. The summed E-state index contributed by atoms with van der Waals surface area (Å²) < 4.78 is 33.0. The molecule has 1 aliphatic heterocycles. The third-order valence-electron chi connectivity index (χ3n) is 4.57. The van der Waals surface area contributed by atoms with Gasteiger partial charge in [0.05, 0.1) is 11.3 Å². The van der Waals surface area contributed by atoms with Crippen LogP contribution >= 0.6 is 15.9 Å². The van der Waals surface area contributed by atoms with Gasteiger partial charge in [-0.1, -0.05) is 52.7 Å². The number of hydrogen-bond donors (Lipinski definition) is 0. The molecular weight excluding hydrogens is 430 g/mol. The normalized spacial score (nSPS) is 15.4. The van der Waals surface area contributed by atoms with Gasteiger partial charge in [0, 0.05) is 23.1 Å². The molecule has 0 saturated carbocycles. The van der Waals surface area contributed by atoms with E-state index in [9.17, 15) is 13.2 Å². The average Bonchev–Trinajstić information content (AvgIpc) is 2.68. The Bertz CT molecular complexity index is 890. The molecule has 0 amide bonds. The second kappa shape index (κ2) is 8.99. The Morgan fingerprint density at radius 3 is 2.33 bits per heavy atom. The van der Waals surface area contributed by atoms with Crippen molar-refractivity contribution in [3.63, 3.8) is 0 Å². The van der Waals surface area contributed by atoms with Gasteiger partial charge in [0.15, 0.2) is 0 Å². The lowest BCUT2D eigenvalue weighted by Gasteiger charge is -2.25. The van der Waals surface area contributed by atoms with Gasteiger partial charge in [-0.25, -0.2) is 8.42 Å². The van der Waals surface area contributed by atoms with Crippen molar-refractivity contribution in [2.75, 3.05) is 13.1 Å². The van der Waals surface area contributed by atoms with Crippen molar-refractivity contribution in [1.82, 2.24) is 4.31 Å². The summed E-state index contributed by atoms with van der Waals surface area (Å²) in [5, 5.41) is 0. The molecule has 3 rings (SSSR count). The smallest absolute Gasteiger partial charge is 0.310 e. The number of carbonyl (C=O) groups excluding carboxylic acids is 1. The molecule has 0 atom stereocenters. The van der Waals surface area contributed by atoms with Crippen LogP contribution in [0.3, 0.4) is 0 Å². The molecule has 0 bridgehead atoms. The van der Waals surface area contributed by atoms with Gasteiger partial charge in [0.25, 0.3) is 0 Å². The van der Waals surface area contributed by atoms with E-state index in [1.54, 1.807) is 24.3 Å². The number of esters is 1. The summed E-state index contributed by atoms with van der Waals surface area (Å²) >= 11 is 3.42. The standard InChI is InChI=1S/C20H22BrNO4S/c21-19-7-3-2-6-17(19)15-26-20(23)14-16-8-10-18(11-9-16)27(24,25)22-12-4-1-5-13-22/h2-3,6-11H,1,4-5,12-15H2. The van der Waals surface area contributed by atoms with Crippen molar-refractivity contribution < 1.29 is 17.9 Å². The Balaban J connectivity index is 1.58. The number of carbonyl (C=O) groups is 1. The van der Waals surface area contributed by atoms with E-state index in [0.717, 1.165) is 34.9 Å². The summed E-state index contributed by atoms with van der Waals surface area (Å²) in [6.45, 7) is 1.35. The summed E-state index contributed by atoms with van der Waals surface area (Å²) in [6.07, 6.45) is 2.99. The van der Waals surface area contributed by atoms with Crippen molar-refractivity contribution in [3.05, 3.63) is 64.1 Å². The van der Waals surface area contributed by atoms with Crippen LogP contribution in [0.2, 0.25) is 0 Å². The van der Waals surface area contributed by atoms with E-state index in [1.807, 2.05) is 24.3 Å². The van der Waals surface area contributed by atoms with Gasteiger partial charge in [0.2, 0.25) is 10.0 Å². The van der Waals surface area contributed by atoms with Crippen LogP contribution in [0.4, 0.5) is 0 Å². The second-order valence-electron chi connectivity index (χ2n) is 6.54. The average molecular weight is 452 g/mol. The van der Waals surface area contributed by atoms with Crippen molar-refractivity contribution in [3.8, 4) is 0 Å². The van der Waals surface area contributed by atoms with Crippen LogP contribution in [0.5, 0.6) is 0 Å². The van der Waals surface area contributed by atoms with E-state index in [1.165, 1.54) is 4.31 Å². The van der Waals surface area contributed by atoms with Crippen LogP contribution in [0.15, 0.2) is 57.9 Å². The number of benzene rings is 2. The number of nitrogens with zero attached hydrogens (tertiary/aromatic N) is 1. The number of halogens is 1. The maximum Gasteiger partial charge on any atom is 0.310 e. The van der Waals surface area contributed by atoms with Gasteiger partial charge >= 0.3 is 5.97 Å². The Morgan fingerprint density at radius 1 is 1.00 bits per heavy atom.